The van der Waals surface area contributed by atoms with Crippen molar-refractivity contribution >= 4 is 34.6 Å². The number of nitrogens with one attached hydrogen (secondary N) is 3. The number of rotatable bonds is 6. The van der Waals surface area contributed by atoms with Gasteiger partial charge in [-0.25, -0.2) is 0 Å². The van der Waals surface area contributed by atoms with Gasteiger partial charge < -0.3 is 15.0 Å². The molecule has 0 heterocycles. The van der Waals surface area contributed by atoms with Crippen LogP contribution in [0.2, 0.25) is 0 Å². The number of nitrogens with zero attached hydrogens (tertiary/aromatic N) is 2. The number of carbonyl (C=O) groups excluding carboxylic acids is 1. The maximum atomic E-state index is 12.5. The standard InChI is InChI=1S/C18H21N5O4S/c1-22(2)16-9-6-13(23(25)26)10-15(16)17(24)20-21-18(28)19-11-12-4-7-14(27-3)8-5-12/h4-10H,11H2,1-3H3,(H,20,24)(H2,19,21,28). The Bertz CT molecular complexity index is 871. The number of anilines is 1. The highest BCUT2D eigenvalue weighted by Crippen LogP contribution is 2.24. The number of ether oxygens (including phenoxy) is 1. The fraction of sp³-hybridized carbons (Fsp3) is 0.222. The van der Waals surface area contributed by atoms with Gasteiger partial charge in [-0.05, 0) is 36.0 Å². The van der Waals surface area contributed by atoms with Crippen molar-refractivity contribution in [1.82, 2.24) is 16.2 Å². The predicted molar refractivity (Wildman–Crippen MR) is 110 cm³/mol. The van der Waals surface area contributed by atoms with Crippen molar-refractivity contribution in [2.45, 2.75) is 6.54 Å². The first-order valence-corrected chi connectivity index (χ1v) is 8.65. The van der Waals surface area contributed by atoms with E-state index >= 15 is 0 Å². The molecule has 0 saturated carbocycles. The van der Waals surface area contributed by atoms with Gasteiger partial charge in [-0.2, -0.15) is 0 Å². The maximum Gasteiger partial charge on any atom is 0.272 e. The van der Waals surface area contributed by atoms with Crippen LogP contribution in [0.1, 0.15) is 15.9 Å². The summed E-state index contributed by atoms with van der Waals surface area (Å²) in [5.74, 6) is 0.214. The third-order valence-corrected chi connectivity index (χ3v) is 4.07. The van der Waals surface area contributed by atoms with E-state index in [2.05, 4.69) is 16.2 Å². The highest BCUT2D eigenvalue weighted by Gasteiger charge is 2.18. The fourth-order valence-electron chi connectivity index (χ4n) is 2.36. The molecule has 0 aromatic heterocycles. The second-order valence-corrected chi connectivity index (χ2v) is 6.37. The molecule has 3 N–H and O–H groups in total. The predicted octanol–water partition coefficient (Wildman–Crippen LogP) is 1.98. The average Bonchev–Trinajstić information content (AvgIpc) is 2.70. The van der Waals surface area contributed by atoms with E-state index in [1.165, 1.54) is 18.2 Å². The number of nitro groups is 1. The highest BCUT2D eigenvalue weighted by molar-refractivity contribution is 7.80. The number of hydrogen-bond donors (Lipinski definition) is 3. The van der Waals surface area contributed by atoms with E-state index in [4.69, 9.17) is 17.0 Å². The Morgan fingerprint density at radius 1 is 1.18 bits per heavy atom. The number of amides is 1. The van der Waals surface area contributed by atoms with Gasteiger partial charge in [0.2, 0.25) is 0 Å². The van der Waals surface area contributed by atoms with E-state index in [0.717, 1.165) is 11.3 Å². The Labute approximate surface area is 167 Å². The lowest BCUT2D eigenvalue weighted by molar-refractivity contribution is -0.384. The van der Waals surface area contributed by atoms with Crippen molar-refractivity contribution in [2.75, 3.05) is 26.1 Å². The van der Waals surface area contributed by atoms with E-state index in [-0.39, 0.29) is 16.4 Å². The van der Waals surface area contributed by atoms with Gasteiger partial charge in [0.25, 0.3) is 11.6 Å². The first-order valence-electron chi connectivity index (χ1n) is 8.24. The number of hydrazine groups is 1. The summed E-state index contributed by atoms with van der Waals surface area (Å²) in [6.07, 6.45) is 0. The molecule has 0 aliphatic rings. The number of carbonyl (C=O) groups is 1. The molecule has 0 radical (unpaired) electrons. The van der Waals surface area contributed by atoms with Gasteiger partial charge in [-0.3, -0.25) is 25.8 Å². The zero-order valence-electron chi connectivity index (χ0n) is 15.7. The number of benzene rings is 2. The first-order chi connectivity index (χ1) is 13.3. The molecule has 0 fully saturated rings. The van der Waals surface area contributed by atoms with Crippen LogP contribution in [0.5, 0.6) is 5.75 Å². The Morgan fingerprint density at radius 2 is 1.86 bits per heavy atom. The second kappa shape index (κ2) is 9.51. The summed E-state index contributed by atoms with van der Waals surface area (Å²) in [4.78, 5) is 24.6. The Balaban J connectivity index is 1.96. The number of hydrogen-bond acceptors (Lipinski definition) is 6. The third-order valence-electron chi connectivity index (χ3n) is 3.82. The summed E-state index contributed by atoms with van der Waals surface area (Å²) in [5, 5.41) is 14.2. The average molecular weight is 403 g/mol. The molecule has 2 rings (SSSR count). The van der Waals surface area contributed by atoms with E-state index in [1.54, 1.807) is 26.1 Å². The lowest BCUT2D eigenvalue weighted by atomic mass is 10.1. The second-order valence-electron chi connectivity index (χ2n) is 5.96. The first kappa shape index (κ1) is 20.9. The summed E-state index contributed by atoms with van der Waals surface area (Å²) in [5.41, 5.74) is 6.56. The molecule has 0 bridgehead atoms. The van der Waals surface area contributed by atoms with Gasteiger partial charge in [-0.1, -0.05) is 12.1 Å². The van der Waals surface area contributed by atoms with Gasteiger partial charge in [0.1, 0.15) is 5.75 Å². The topological polar surface area (TPSA) is 109 Å². The van der Waals surface area contributed by atoms with Crippen LogP contribution >= 0.6 is 12.2 Å². The van der Waals surface area contributed by atoms with Crippen LogP contribution in [0.25, 0.3) is 0 Å². The molecule has 0 spiro atoms. The summed E-state index contributed by atoms with van der Waals surface area (Å²) >= 11 is 5.14. The molecule has 28 heavy (non-hydrogen) atoms. The van der Waals surface area contributed by atoms with Crippen molar-refractivity contribution in [3.63, 3.8) is 0 Å². The van der Waals surface area contributed by atoms with Crippen LogP contribution in [0.4, 0.5) is 11.4 Å². The summed E-state index contributed by atoms with van der Waals surface area (Å²) in [7, 11) is 5.08. The minimum Gasteiger partial charge on any atom is -0.497 e. The molecule has 1 amide bonds. The molecule has 9 nitrogen and oxygen atoms in total. The molecule has 2 aromatic rings. The minimum absolute atomic E-state index is 0.157. The fourth-order valence-corrected chi connectivity index (χ4v) is 2.48. The molecular formula is C18H21N5O4S. The highest BCUT2D eigenvalue weighted by atomic mass is 32.1. The maximum absolute atomic E-state index is 12.5. The minimum atomic E-state index is -0.551. The Morgan fingerprint density at radius 3 is 2.43 bits per heavy atom. The summed E-state index contributed by atoms with van der Waals surface area (Å²) in [6, 6.07) is 11.5. The summed E-state index contributed by atoms with van der Waals surface area (Å²) in [6.45, 7) is 0.450. The molecular weight excluding hydrogens is 382 g/mol. The van der Waals surface area contributed by atoms with Gasteiger partial charge in [0.15, 0.2) is 5.11 Å². The molecule has 0 unspecified atom stereocenters. The van der Waals surface area contributed by atoms with Crippen LogP contribution in [0.15, 0.2) is 42.5 Å². The summed E-state index contributed by atoms with van der Waals surface area (Å²) < 4.78 is 5.10. The third kappa shape index (κ3) is 5.55. The molecule has 0 aliphatic carbocycles. The van der Waals surface area contributed by atoms with E-state index in [0.29, 0.717) is 12.2 Å². The van der Waals surface area contributed by atoms with Crippen LogP contribution in [0.3, 0.4) is 0 Å². The largest absolute Gasteiger partial charge is 0.497 e. The number of nitro benzene ring substituents is 1. The Hall–Kier alpha value is -3.40. The van der Waals surface area contributed by atoms with Gasteiger partial charge >= 0.3 is 0 Å². The Kier molecular flexibility index (Phi) is 7.10. The number of non-ortho nitro benzene ring substituents is 1. The van der Waals surface area contributed by atoms with E-state index in [9.17, 15) is 14.9 Å². The number of methoxy groups -OCH3 is 1. The van der Waals surface area contributed by atoms with Gasteiger partial charge in [0.05, 0.1) is 17.6 Å². The normalized spacial score (nSPS) is 9.96. The van der Waals surface area contributed by atoms with Crippen molar-refractivity contribution in [3.8, 4) is 5.75 Å². The zero-order valence-corrected chi connectivity index (χ0v) is 16.5. The van der Waals surface area contributed by atoms with Crippen molar-refractivity contribution in [1.29, 1.82) is 0 Å². The smallest absolute Gasteiger partial charge is 0.272 e. The van der Waals surface area contributed by atoms with Gasteiger partial charge in [0, 0.05) is 38.5 Å². The number of thiocarbonyl (C=S) groups is 1. The SMILES string of the molecule is COc1ccc(CNC(=S)NNC(=O)c2cc([N+](=O)[O-])ccc2N(C)C)cc1. The molecule has 10 heteroatoms. The van der Waals surface area contributed by atoms with E-state index < -0.39 is 10.8 Å². The molecule has 0 atom stereocenters. The van der Waals surface area contributed by atoms with Crippen LogP contribution in [0, 0.1) is 10.1 Å². The lowest BCUT2D eigenvalue weighted by Gasteiger charge is -2.17. The van der Waals surface area contributed by atoms with Crippen LogP contribution in [-0.2, 0) is 6.54 Å². The molecule has 0 saturated heterocycles. The zero-order chi connectivity index (χ0) is 20.7. The van der Waals surface area contributed by atoms with Crippen LogP contribution in [-0.4, -0.2) is 37.1 Å². The van der Waals surface area contributed by atoms with E-state index in [1.807, 2.05) is 24.3 Å². The van der Waals surface area contributed by atoms with Gasteiger partial charge in [-0.15, -0.1) is 0 Å². The quantitative estimate of drug-likeness (QED) is 0.382. The lowest BCUT2D eigenvalue weighted by Crippen LogP contribution is -2.46. The molecule has 148 valence electrons. The molecule has 2 aromatic carbocycles. The van der Waals surface area contributed by atoms with Crippen molar-refractivity contribution < 1.29 is 14.5 Å². The molecule has 0 aliphatic heterocycles. The van der Waals surface area contributed by atoms with Crippen molar-refractivity contribution in [2.24, 2.45) is 0 Å². The monoisotopic (exact) mass is 403 g/mol. The van der Waals surface area contributed by atoms with Crippen LogP contribution < -0.4 is 25.8 Å². The van der Waals surface area contributed by atoms with Crippen molar-refractivity contribution in [3.05, 3.63) is 63.7 Å².